The van der Waals surface area contributed by atoms with Crippen molar-refractivity contribution in [2.45, 2.75) is 0 Å². The SMILES string of the molecule is c1ccc(-c2cccc3cccc(-c4nc(-c5ccc6oc7ccccc7c6c5)nc(-c5ccc6c7ccccc7n(-c7ccccc7)c6c5)n4)c23)cc1. The number of benzene rings is 8. The van der Waals surface area contributed by atoms with Crippen LogP contribution >= 0.6 is 0 Å². The molecule has 0 spiro atoms. The summed E-state index contributed by atoms with van der Waals surface area (Å²) < 4.78 is 8.52. The molecular formula is C49H30N4O. The van der Waals surface area contributed by atoms with Crippen LogP contribution in [0.2, 0.25) is 0 Å². The minimum absolute atomic E-state index is 0.597. The van der Waals surface area contributed by atoms with Crippen molar-refractivity contribution in [3.05, 3.63) is 182 Å². The van der Waals surface area contributed by atoms with Crippen LogP contribution in [0.25, 0.3) is 105 Å². The summed E-state index contributed by atoms with van der Waals surface area (Å²) in [5, 5.41) is 6.68. The summed E-state index contributed by atoms with van der Waals surface area (Å²) in [5.74, 6) is 1.82. The van der Waals surface area contributed by atoms with Gasteiger partial charge in [-0.2, -0.15) is 0 Å². The van der Waals surface area contributed by atoms with E-state index in [9.17, 15) is 0 Å². The highest BCUT2D eigenvalue weighted by Crippen LogP contribution is 2.39. The van der Waals surface area contributed by atoms with Crippen molar-refractivity contribution in [1.29, 1.82) is 0 Å². The van der Waals surface area contributed by atoms with Gasteiger partial charge in [-0.15, -0.1) is 0 Å². The van der Waals surface area contributed by atoms with Crippen molar-refractivity contribution in [1.82, 2.24) is 19.5 Å². The van der Waals surface area contributed by atoms with Crippen molar-refractivity contribution < 1.29 is 4.42 Å². The van der Waals surface area contributed by atoms with Crippen molar-refractivity contribution in [3.63, 3.8) is 0 Å². The van der Waals surface area contributed by atoms with Gasteiger partial charge >= 0.3 is 0 Å². The summed E-state index contributed by atoms with van der Waals surface area (Å²) in [7, 11) is 0. The van der Waals surface area contributed by atoms with E-state index in [1.54, 1.807) is 0 Å². The van der Waals surface area contributed by atoms with E-state index in [4.69, 9.17) is 19.4 Å². The summed E-state index contributed by atoms with van der Waals surface area (Å²) in [6, 6.07) is 63.3. The van der Waals surface area contributed by atoms with Gasteiger partial charge in [0.05, 0.1) is 11.0 Å². The Balaban J connectivity index is 1.18. The molecule has 252 valence electrons. The second kappa shape index (κ2) is 12.1. The zero-order valence-electron chi connectivity index (χ0n) is 29.0. The maximum Gasteiger partial charge on any atom is 0.164 e. The molecule has 0 amide bonds. The molecule has 3 aromatic heterocycles. The lowest BCUT2D eigenvalue weighted by molar-refractivity contribution is 0.669. The second-order valence-corrected chi connectivity index (χ2v) is 13.6. The van der Waals surface area contributed by atoms with E-state index in [0.717, 1.165) is 77.2 Å². The monoisotopic (exact) mass is 690 g/mol. The van der Waals surface area contributed by atoms with Crippen LogP contribution in [0, 0.1) is 0 Å². The van der Waals surface area contributed by atoms with Crippen LogP contribution in [0.15, 0.2) is 186 Å². The molecule has 0 atom stereocenters. The van der Waals surface area contributed by atoms with Crippen LogP contribution in [0.4, 0.5) is 0 Å². The number of hydrogen-bond donors (Lipinski definition) is 0. The number of furan rings is 1. The molecular weight excluding hydrogens is 661 g/mol. The van der Waals surface area contributed by atoms with Crippen LogP contribution in [-0.4, -0.2) is 19.5 Å². The third kappa shape index (κ3) is 4.83. The normalized spacial score (nSPS) is 11.7. The first-order valence-electron chi connectivity index (χ1n) is 18.1. The minimum atomic E-state index is 0.597. The number of rotatable bonds is 5. The fraction of sp³-hybridized carbons (Fsp3) is 0. The highest BCUT2D eigenvalue weighted by atomic mass is 16.3. The first-order chi connectivity index (χ1) is 26.8. The van der Waals surface area contributed by atoms with Gasteiger partial charge in [0.2, 0.25) is 0 Å². The van der Waals surface area contributed by atoms with Gasteiger partial charge in [-0.05, 0) is 65.0 Å². The predicted molar refractivity (Wildman–Crippen MR) is 221 cm³/mol. The molecule has 0 fully saturated rings. The molecule has 0 radical (unpaired) electrons. The zero-order chi connectivity index (χ0) is 35.6. The van der Waals surface area contributed by atoms with Crippen LogP contribution < -0.4 is 0 Å². The summed E-state index contributed by atoms with van der Waals surface area (Å²) in [4.78, 5) is 15.8. The number of fused-ring (bicyclic) bond motifs is 7. The lowest BCUT2D eigenvalue weighted by Crippen LogP contribution is -2.01. The zero-order valence-corrected chi connectivity index (χ0v) is 29.0. The molecule has 0 aliphatic carbocycles. The molecule has 5 heteroatoms. The van der Waals surface area contributed by atoms with Gasteiger partial charge < -0.3 is 8.98 Å². The summed E-state index contributed by atoms with van der Waals surface area (Å²) in [6.07, 6.45) is 0. The minimum Gasteiger partial charge on any atom is -0.456 e. The molecule has 0 saturated carbocycles. The average molecular weight is 691 g/mol. The first kappa shape index (κ1) is 30.3. The smallest absolute Gasteiger partial charge is 0.164 e. The fourth-order valence-electron chi connectivity index (χ4n) is 7.97. The van der Waals surface area contributed by atoms with Crippen molar-refractivity contribution in [3.8, 4) is 51.0 Å². The maximum atomic E-state index is 6.19. The summed E-state index contributed by atoms with van der Waals surface area (Å²) >= 11 is 0. The lowest BCUT2D eigenvalue weighted by atomic mass is 9.94. The molecule has 0 aliphatic rings. The van der Waals surface area contributed by atoms with E-state index >= 15 is 0 Å². The van der Waals surface area contributed by atoms with Gasteiger partial charge in [-0.25, -0.2) is 15.0 Å². The number of hydrogen-bond acceptors (Lipinski definition) is 4. The van der Waals surface area contributed by atoms with Crippen LogP contribution in [-0.2, 0) is 0 Å². The topological polar surface area (TPSA) is 56.7 Å². The Morgan fingerprint density at radius 2 is 0.981 bits per heavy atom. The van der Waals surface area contributed by atoms with Gasteiger partial charge in [-0.1, -0.05) is 133 Å². The van der Waals surface area contributed by atoms with E-state index in [1.807, 2.05) is 36.4 Å². The molecule has 5 nitrogen and oxygen atoms in total. The van der Waals surface area contributed by atoms with Gasteiger partial charge in [0.15, 0.2) is 17.5 Å². The van der Waals surface area contributed by atoms with Crippen molar-refractivity contribution >= 4 is 54.5 Å². The Labute approximate surface area is 310 Å². The van der Waals surface area contributed by atoms with Gasteiger partial charge in [0, 0.05) is 49.3 Å². The van der Waals surface area contributed by atoms with Gasteiger partial charge in [0.25, 0.3) is 0 Å². The number of aromatic nitrogens is 4. The second-order valence-electron chi connectivity index (χ2n) is 13.6. The highest BCUT2D eigenvalue weighted by Gasteiger charge is 2.19. The van der Waals surface area contributed by atoms with Crippen LogP contribution in [0.5, 0.6) is 0 Å². The number of para-hydroxylation sites is 3. The molecule has 0 N–H and O–H groups in total. The maximum absolute atomic E-state index is 6.19. The van der Waals surface area contributed by atoms with E-state index in [-0.39, 0.29) is 0 Å². The Morgan fingerprint density at radius 3 is 1.80 bits per heavy atom. The Morgan fingerprint density at radius 1 is 0.370 bits per heavy atom. The third-order valence-electron chi connectivity index (χ3n) is 10.4. The number of nitrogens with zero attached hydrogens (tertiary/aromatic N) is 4. The quantitative estimate of drug-likeness (QED) is 0.180. The molecule has 0 aliphatic heterocycles. The molecule has 8 aromatic carbocycles. The van der Waals surface area contributed by atoms with E-state index < -0.39 is 0 Å². The molecule has 3 heterocycles. The largest absolute Gasteiger partial charge is 0.456 e. The van der Waals surface area contributed by atoms with Gasteiger partial charge in [0.1, 0.15) is 11.2 Å². The molecule has 0 saturated heterocycles. The van der Waals surface area contributed by atoms with E-state index in [2.05, 4.69) is 150 Å². The van der Waals surface area contributed by atoms with Crippen molar-refractivity contribution in [2.75, 3.05) is 0 Å². The Bertz CT molecular complexity index is 3210. The van der Waals surface area contributed by atoms with E-state index in [1.165, 1.54) is 10.8 Å². The van der Waals surface area contributed by atoms with Crippen LogP contribution in [0.1, 0.15) is 0 Å². The fourth-order valence-corrected chi connectivity index (χ4v) is 7.97. The summed E-state index contributed by atoms with van der Waals surface area (Å²) in [5.41, 5.74) is 10.0. The average Bonchev–Trinajstić information content (AvgIpc) is 3.79. The Kier molecular flexibility index (Phi) is 6.79. The summed E-state index contributed by atoms with van der Waals surface area (Å²) in [6.45, 7) is 0. The predicted octanol–water partition coefficient (Wildman–Crippen LogP) is 12.7. The van der Waals surface area contributed by atoms with Crippen molar-refractivity contribution in [2.24, 2.45) is 0 Å². The molecule has 0 bridgehead atoms. The molecule has 54 heavy (non-hydrogen) atoms. The first-order valence-corrected chi connectivity index (χ1v) is 18.1. The standard InChI is InChI=1S/C49H30N4O/c1-3-13-31(14-4-1)36-21-11-15-32-16-12-22-40(46(32)36)49-51-47(33-26-28-45-41(29-33)39-20-8-10-24-44(39)54-45)50-48(52-49)34-25-27-38-37-19-7-9-23-42(37)53(43(38)30-34)35-17-5-2-6-18-35/h1-30H. The molecule has 11 aromatic rings. The third-order valence-corrected chi connectivity index (χ3v) is 10.4. The lowest BCUT2D eigenvalue weighted by Gasteiger charge is -2.14. The Hall–Kier alpha value is -7.37. The van der Waals surface area contributed by atoms with Crippen LogP contribution in [0.3, 0.4) is 0 Å². The molecule has 0 unspecified atom stereocenters. The van der Waals surface area contributed by atoms with Gasteiger partial charge in [-0.3, -0.25) is 0 Å². The highest BCUT2D eigenvalue weighted by molar-refractivity contribution is 6.10. The van der Waals surface area contributed by atoms with E-state index in [0.29, 0.717) is 17.5 Å². The molecule has 11 rings (SSSR count).